The van der Waals surface area contributed by atoms with Crippen LogP contribution >= 0.6 is 0 Å². The van der Waals surface area contributed by atoms with Gasteiger partial charge < -0.3 is 5.32 Å². The number of rotatable bonds is 3. The Morgan fingerprint density at radius 3 is 2.47 bits per heavy atom. The molecule has 1 nitrogen and oxygen atoms in total. The summed E-state index contributed by atoms with van der Waals surface area (Å²) in [6, 6.07) is 0. The van der Waals surface area contributed by atoms with Gasteiger partial charge in [-0.2, -0.15) is 0 Å². The zero-order valence-electron chi connectivity index (χ0n) is 12.1. The third kappa shape index (κ3) is 3.05. The molecule has 1 N–H and O–H groups in total. The predicted octanol–water partition coefficient (Wildman–Crippen LogP) is 4.23. The molecule has 1 saturated carbocycles. The van der Waals surface area contributed by atoms with Crippen LogP contribution in [-0.4, -0.2) is 13.1 Å². The molecule has 1 atom stereocenters. The summed E-state index contributed by atoms with van der Waals surface area (Å²) in [5, 5.41) is 3.64. The van der Waals surface area contributed by atoms with Gasteiger partial charge in [0, 0.05) is 0 Å². The summed E-state index contributed by atoms with van der Waals surface area (Å²) in [7, 11) is 0. The van der Waals surface area contributed by atoms with Crippen LogP contribution in [0.25, 0.3) is 0 Å². The molecule has 2 fully saturated rings. The molecule has 0 aromatic carbocycles. The smallest absolute Gasteiger partial charge is 0.00151 e. The minimum absolute atomic E-state index is 0.723. The first-order chi connectivity index (χ1) is 8.16. The molecule has 0 radical (unpaired) electrons. The quantitative estimate of drug-likeness (QED) is 0.774. The van der Waals surface area contributed by atoms with Crippen molar-refractivity contribution in [3.05, 3.63) is 0 Å². The van der Waals surface area contributed by atoms with E-state index in [1.165, 1.54) is 58.0 Å². The number of piperidine rings is 1. The highest BCUT2D eigenvalue weighted by Crippen LogP contribution is 2.50. The monoisotopic (exact) mass is 237 g/mol. The average Bonchev–Trinajstić information content (AvgIpc) is 2.33. The van der Waals surface area contributed by atoms with Gasteiger partial charge in [0.25, 0.3) is 0 Å². The van der Waals surface area contributed by atoms with Crippen molar-refractivity contribution in [3.8, 4) is 0 Å². The lowest BCUT2D eigenvalue weighted by molar-refractivity contribution is 0.0289. The van der Waals surface area contributed by atoms with Gasteiger partial charge in [-0.05, 0) is 74.8 Å². The summed E-state index contributed by atoms with van der Waals surface area (Å²) in [5.41, 5.74) is 0.723. The van der Waals surface area contributed by atoms with Crippen molar-refractivity contribution in [1.82, 2.24) is 5.32 Å². The molecular formula is C16H31N. The Morgan fingerprint density at radius 1 is 1.18 bits per heavy atom. The lowest BCUT2D eigenvalue weighted by atomic mass is 9.59. The molecule has 1 unspecified atom stereocenters. The molecule has 2 rings (SSSR count). The first-order valence-corrected chi connectivity index (χ1v) is 7.87. The van der Waals surface area contributed by atoms with Crippen LogP contribution in [-0.2, 0) is 0 Å². The second-order valence-electron chi connectivity index (χ2n) is 6.99. The second-order valence-corrected chi connectivity index (χ2v) is 6.99. The maximum atomic E-state index is 3.64. The van der Waals surface area contributed by atoms with E-state index in [-0.39, 0.29) is 0 Å². The van der Waals surface area contributed by atoms with Gasteiger partial charge in [-0.1, -0.05) is 27.2 Å². The SMILES string of the molecule is CCC1CCC2(CCNCC2CC(C)C)CC1. The number of hydrogen-bond acceptors (Lipinski definition) is 1. The van der Waals surface area contributed by atoms with Gasteiger partial charge in [-0.15, -0.1) is 0 Å². The molecule has 1 aliphatic heterocycles. The van der Waals surface area contributed by atoms with E-state index in [4.69, 9.17) is 0 Å². The van der Waals surface area contributed by atoms with E-state index >= 15 is 0 Å². The molecule has 0 aromatic heterocycles. The lowest BCUT2D eigenvalue weighted by Crippen LogP contribution is -2.47. The molecule has 1 saturated heterocycles. The molecule has 1 heteroatoms. The van der Waals surface area contributed by atoms with Gasteiger partial charge in [-0.3, -0.25) is 0 Å². The van der Waals surface area contributed by atoms with Crippen molar-refractivity contribution in [2.24, 2.45) is 23.2 Å². The average molecular weight is 237 g/mol. The van der Waals surface area contributed by atoms with Crippen LogP contribution in [0.4, 0.5) is 0 Å². The van der Waals surface area contributed by atoms with Crippen LogP contribution < -0.4 is 5.32 Å². The molecule has 17 heavy (non-hydrogen) atoms. The van der Waals surface area contributed by atoms with Gasteiger partial charge in [0.2, 0.25) is 0 Å². The number of nitrogens with one attached hydrogen (secondary N) is 1. The molecule has 0 amide bonds. The summed E-state index contributed by atoms with van der Waals surface area (Å²) in [6.07, 6.45) is 10.3. The van der Waals surface area contributed by atoms with Crippen LogP contribution in [0.3, 0.4) is 0 Å². The Labute approximate surface area is 108 Å². The summed E-state index contributed by atoms with van der Waals surface area (Å²) >= 11 is 0. The zero-order chi connectivity index (χ0) is 12.3. The fourth-order valence-corrected chi connectivity index (χ4v) is 4.26. The van der Waals surface area contributed by atoms with Crippen LogP contribution in [0.5, 0.6) is 0 Å². The molecule has 2 aliphatic rings. The van der Waals surface area contributed by atoms with E-state index < -0.39 is 0 Å². The van der Waals surface area contributed by atoms with Crippen molar-refractivity contribution < 1.29 is 0 Å². The standard InChI is InChI=1S/C16H31N/c1-4-14-5-7-16(8-6-14)9-10-17-12-15(16)11-13(2)3/h13-15,17H,4-12H2,1-3H3. The van der Waals surface area contributed by atoms with E-state index in [1.807, 2.05) is 0 Å². The van der Waals surface area contributed by atoms with Crippen molar-refractivity contribution >= 4 is 0 Å². The van der Waals surface area contributed by atoms with E-state index in [9.17, 15) is 0 Å². The highest BCUT2D eigenvalue weighted by atomic mass is 14.9. The molecule has 0 bridgehead atoms. The van der Waals surface area contributed by atoms with Crippen molar-refractivity contribution in [2.45, 2.75) is 65.7 Å². The van der Waals surface area contributed by atoms with Crippen LogP contribution in [0.2, 0.25) is 0 Å². The highest BCUT2D eigenvalue weighted by Gasteiger charge is 2.42. The highest BCUT2D eigenvalue weighted by molar-refractivity contribution is 4.95. The third-order valence-electron chi connectivity index (χ3n) is 5.49. The van der Waals surface area contributed by atoms with Crippen LogP contribution in [0.1, 0.15) is 65.7 Å². The maximum absolute atomic E-state index is 3.64. The predicted molar refractivity (Wildman–Crippen MR) is 75.1 cm³/mol. The summed E-state index contributed by atoms with van der Waals surface area (Å²) in [6.45, 7) is 9.71. The first kappa shape index (κ1) is 13.4. The van der Waals surface area contributed by atoms with Gasteiger partial charge in [0.1, 0.15) is 0 Å². The summed E-state index contributed by atoms with van der Waals surface area (Å²) in [4.78, 5) is 0. The summed E-state index contributed by atoms with van der Waals surface area (Å²) < 4.78 is 0. The van der Waals surface area contributed by atoms with Crippen molar-refractivity contribution in [3.63, 3.8) is 0 Å². The van der Waals surface area contributed by atoms with Gasteiger partial charge in [0.05, 0.1) is 0 Å². The molecular weight excluding hydrogens is 206 g/mol. The maximum Gasteiger partial charge on any atom is -0.00151 e. The Balaban J connectivity index is 1.99. The topological polar surface area (TPSA) is 12.0 Å². The fourth-order valence-electron chi connectivity index (χ4n) is 4.26. The summed E-state index contributed by atoms with van der Waals surface area (Å²) in [5.74, 6) is 2.85. The van der Waals surface area contributed by atoms with Gasteiger partial charge >= 0.3 is 0 Å². The minimum Gasteiger partial charge on any atom is -0.316 e. The van der Waals surface area contributed by atoms with Gasteiger partial charge in [0.15, 0.2) is 0 Å². The van der Waals surface area contributed by atoms with Crippen molar-refractivity contribution in [1.29, 1.82) is 0 Å². The van der Waals surface area contributed by atoms with E-state index in [0.29, 0.717) is 0 Å². The Kier molecular flexibility index (Phi) is 4.52. The van der Waals surface area contributed by atoms with Crippen LogP contribution in [0, 0.1) is 23.2 Å². The first-order valence-electron chi connectivity index (χ1n) is 7.87. The molecule has 0 aromatic rings. The minimum atomic E-state index is 0.723. The number of hydrogen-bond donors (Lipinski definition) is 1. The normalized spacial score (nSPS) is 38.8. The largest absolute Gasteiger partial charge is 0.316 e. The Morgan fingerprint density at radius 2 is 1.88 bits per heavy atom. The third-order valence-corrected chi connectivity index (χ3v) is 5.49. The Hall–Kier alpha value is -0.0400. The Bertz CT molecular complexity index is 226. The van der Waals surface area contributed by atoms with Crippen LogP contribution in [0.15, 0.2) is 0 Å². The fraction of sp³-hybridized carbons (Fsp3) is 1.00. The molecule has 1 spiro atoms. The van der Waals surface area contributed by atoms with Gasteiger partial charge in [-0.25, -0.2) is 0 Å². The lowest BCUT2D eigenvalue weighted by Gasteiger charge is -2.49. The van der Waals surface area contributed by atoms with E-state index in [2.05, 4.69) is 26.1 Å². The molecule has 1 aliphatic carbocycles. The van der Waals surface area contributed by atoms with E-state index in [1.54, 1.807) is 0 Å². The molecule has 1 heterocycles. The van der Waals surface area contributed by atoms with Crippen molar-refractivity contribution in [2.75, 3.05) is 13.1 Å². The van der Waals surface area contributed by atoms with E-state index in [0.717, 1.165) is 23.2 Å². The second kappa shape index (κ2) is 5.73. The molecule has 100 valence electrons. The zero-order valence-corrected chi connectivity index (χ0v) is 12.1.